The summed E-state index contributed by atoms with van der Waals surface area (Å²) in [5, 5.41) is 2.94. The first-order valence-corrected chi connectivity index (χ1v) is 9.60. The molecule has 1 heterocycles. The molecule has 0 aromatic heterocycles. The standard InChI is InChI=1S/C22H27N3O3/c1-16-5-2-7-18(11-16)14-25(15-20-9-4-10-28-20)22(27)24-19-8-3-6-17(12-19)13-21(23)26/h2-3,5-8,11-12,20H,4,9-10,13-15H2,1H3,(H2,23,26)(H,24,27)/t20-/m0/s1. The van der Waals surface area contributed by atoms with Crippen LogP contribution in [0.3, 0.4) is 0 Å². The minimum absolute atomic E-state index is 0.0664. The summed E-state index contributed by atoms with van der Waals surface area (Å²) in [6, 6.07) is 15.2. The zero-order chi connectivity index (χ0) is 19.9. The number of nitrogens with two attached hydrogens (primary N) is 1. The molecule has 6 nitrogen and oxygen atoms in total. The molecular weight excluding hydrogens is 354 g/mol. The summed E-state index contributed by atoms with van der Waals surface area (Å²) >= 11 is 0. The van der Waals surface area contributed by atoms with E-state index in [9.17, 15) is 9.59 Å². The van der Waals surface area contributed by atoms with Gasteiger partial charge in [-0.05, 0) is 43.0 Å². The smallest absolute Gasteiger partial charge is 0.322 e. The topological polar surface area (TPSA) is 84.7 Å². The first-order chi connectivity index (χ1) is 13.5. The van der Waals surface area contributed by atoms with Gasteiger partial charge in [0.05, 0.1) is 12.5 Å². The first-order valence-electron chi connectivity index (χ1n) is 9.60. The molecule has 1 atom stereocenters. The van der Waals surface area contributed by atoms with E-state index in [2.05, 4.69) is 11.4 Å². The summed E-state index contributed by atoms with van der Waals surface area (Å²) < 4.78 is 5.74. The molecule has 28 heavy (non-hydrogen) atoms. The second kappa shape index (κ2) is 9.37. The zero-order valence-electron chi connectivity index (χ0n) is 16.2. The maximum Gasteiger partial charge on any atom is 0.322 e. The van der Waals surface area contributed by atoms with Crippen LogP contribution in [0.15, 0.2) is 48.5 Å². The number of aryl methyl sites for hydroxylation is 1. The molecular formula is C22H27N3O3. The summed E-state index contributed by atoms with van der Waals surface area (Å²) in [5.74, 6) is -0.400. The normalized spacial score (nSPS) is 16.0. The fourth-order valence-corrected chi connectivity index (χ4v) is 3.45. The molecule has 0 radical (unpaired) electrons. The maximum atomic E-state index is 13.0. The van der Waals surface area contributed by atoms with Gasteiger partial charge in [-0.1, -0.05) is 42.0 Å². The van der Waals surface area contributed by atoms with Gasteiger partial charge in [0.25, 0.3) is 0 Å². The molecule has 0 aliphatic carbocycles. The van der Waals surface area contributed by atoms with Gasteiger partial charge in [-0.25, -0.2) is 4.79 Å². The number of urea groups is 1. The highest BCUT2D eigenvalue weighted by Gasteiger charge is 2.23. The van der Waals surface area contributed by atoms with Crippen molar-refractivity contribution >= 4 is 17.6 Å². The van der Waals surface area contributed by atoms with E-state index < -0.39 is 5.91 Å². The Balaban J connectivity index is 1.72. The number of anilines is 1. The van der Waals surface area contributed by atoms with Gasteiger partial charge < -0.3 is 20.7 Å². The summed E-state index contributed by atoms with van der Waals surface area (Å²) in [4.78, 5) is 25.9. The fourth-order valence-electron chi connectivity index (χ4n) is 3.45. The van der Waals surface area contributed by atoms with Crippen molar-refractivity contribution in [3.05, 3.63) is 65.2 Å². The van der Waals surface area contributed by atoms with Gasteiger partial charge in [0.1, 0.15) is 0 Å². The molecule has 3 N–H and O–H groups in total. The predicted molar refractivity (Wildman–Crippen MR) is 109 cm³/mol. The molecule has 1 saturated heterocycles. The number of nitrogens with zero attached hydrogens (tertiary/aromatic N) is 1. The van der Waals surface area contributed by atoms with E-state index in [0.717, 1.165) is 36.1 Å². The van der Waals surface area contributed by atoms with Crippen LogP contribution in [0.1, 0.15) is 29.5 Å². The van der Waals surface area contributed by atoms with Gasteiger partial charge in [-0.15, -0.1) is 0 Å². The second-order valence-electron chi connectivity index (χ2n) is 7.28. The highest BCUT2D eigenvalue weighted by molar-refractivity contribution is 5.89. The lowest BCUT2D eigenvalue weighted by atomic mass is 10.1. The molecule has 1 aliphatic heterocycles. The van der Waals surface area contributed by atoms with Gasteiger partial charge in [0, 0.05) is 25.4 Å². The summed E-state index contributed by atoms with van der Waals surface area (Å²) in [5.41, 5.74) is 8.92. The van der Waals surface area contributed by atoms with Crippen LogP contribution < -0.4 is 11.1 Å². The minimum atomic E-state index is -0.400. The SMILES string of the molecule is Cc1cccc(CN(C[C@@H]2CCCO2)C(=O)Nc2cccc(CC(N)=O)c2)c1. The average Bonchev–Trinajstić information content (AvgIpc) is 3.14. The van der Waals surface area contributed by atoms with Crippen LogP contribution in [-0.2, 0) is 22.5 Å². The number of hydrogen-bond acceptors (Lipinski definition) is 3. The van der Waals surface area contributed by atoms with Crippen molar-refractivity contribution in [3.63, 3.8) is 0 Å². The van der Waals surface area contributed by atoms with E-state index in [-0.39, 0.29) is 18.6 Å². The Bertz CT molecular complexity index is 831. The van der Waals surface area contributed by atoms with Gasteiger partial charge in [-0.2, -0.15) is 0 Å². The third kappa shape index (κ3) is 5.82. The van der Waals surface area contributed by atoms with E-state index >= 15 is 0 Å². The third-order valence-corrected chi connectivity index (χ3v) is 4.75. The average molecular weight is 381 g/mol. The lowest BCUT2D eigenvalue weighted by molar-refractivity contribution is -0.117. The number of nitrogens with one attached hydrogen (secondary N) is 1. The quantitative estimate of drug-likeness (QED) is 0.772. The highest BCUT2D eigenvalue weighted by atomic mass is 16.5. The van der Waals surface area contributed by atoms with E-state index in [0.29, 0.717) is 18.8 Å². The van der Waals surface area contributed by atoms with Crippen LogP contribution in [0.5, 0.6) is 0 Å². The molecule has 6 heteroatoms. The maximum absolute atomic E-state index is 13.0. The van der Waals surface area contributed by atoms with Crippen molar-refractivity contribution in [2.75, 3.05) is 18.5 Å². The van der Waals surface area contributed by atoms with Crippen LogP contribution in [0.2, 0.25) is 0 Å². The van der Waals surface area contributed by atoms with Crippen LogP contribution >= 0.6 is 0 Å². The Morgan fingerprint density at radius 2 is 1.96 bits per heavy atom. The number of carbonyl (C=O) groups is 2. The molecule has 148 valence electrons. The van der Waals surface area contributed by atoms with Crippen molar-refractivity contribution < 1.29 is 14.3 Å². The number of ether oxygens (including phenoxy) is 1. The molecule has 3 amide bonds. The Kier molecular flexibility index (Phi) is 6.66. The molecule has 0 spiro atoms. The highest BCUT2D eigenvalue weighted by Crippen LogP contribution is 2.18. The Morgan fingerprint density at radius 1 is 1.18 bits per heavy atom. The van der Waals surface area contributed by atoms with Gasteiger partial charge in [-0.3, -0.25) is 4.79 Å². The van der Waals surface area contributed by atoms with Crippen LogP contribution in [0, 0.1) is 6.92 Å². The molecule has 2 aromatic rings. The number of benzene rings is 2. The summed E-state index contributed by atoms with van der Waals surface area (Å²) in [6.45, 7) is 3.84. The van der Waals surface area contributed by atoms with Crippen molar-refractivity contribution in [1.29, 1.82) is 0 Å². The Hall–Kier alpha value is -2.86. The number of hydrogen-bond donors (Lipinski definition) is 2. The van der Waals surface area contributed by atoms with Crippen molar-refractivity contribution in [3.8, 4) is 0 Å². The van der Waals surface area contributed by atoms with E-state index in [4.69, 9.17) is 10.5 Å². The monoisotopic (exact) mass is 381 g/mol. The molecule has 0 bridgehead atoms. The lowest BCUT2D eigenvalue weighted by Crippen LogP contribution is -2.39. The largest absolute Gasteiger partial charge is 0.376 e. The van der Waals surface area contributed by atoms with Gasteiger partial charge >= 0.3 is 6.03 Å². The summed E-state index contributed by atoms with van der Waals surface area (Å²) in [6.07, 6.45) is 2.20. The van der Waals surface area contributed by atoms with Crippen molar-refractivity contribution in [2.45, 2.75) is 38.8 Å². The van der Waals surface area contributed by atoms with E-state index in [1.807, 2.05) is 31.2 Å². The molecule has 1 aliphatic rings. The predicted octanol–water partition coefficient (Wildman–Crippen LogP) is 3.24. The molecule has 0 saturated carbocycles. The minimum Gasteiger partial charge on any atom is -0.376 e. The number of amides is 3. The van der Waals surface area contributed by atoms with Crippen molar-refractivity contribution in [1.82, 2.24) is 4.90 Å². The van der Waals surface area contributed by atoms with Crippen LogP contribution in [0.4, 0.5) is 10.5 Å². The van der Waals surface area contributed by atoms with Gasteiger partial charge in [0.15, 0.2) is 0 Å². The number of rotatable bonds is 7. The number of carbonyl (C=O) groups excluding carboxylic acids is 2. The van der Waals surface area contributed by atoms with Crippen molar-refractivity contribution in [2.24, 2.45) is 5.73 Å². The number of primary amides is 1. The Labute approximate surface area is 165 Å². The fraction of sp³-hybridized carbons (Fsp3) is 0.364. The van der Waals surface area contributed by atoms with Crippen LogP contribution in [-0.4, -0.2) is 36.1 Å². The zero-order valence-corrected chi connectivity index (χ0v) is 16.2. The Morgan fingerprint density at radius 3 is 2.68 bits per heavy atom. The molecule has 1 fully saturated rings. The second-order valence-corrected chi connectivity index (χ2v) is 7.28. The molecule has 0 unspecified atom stereocenters. The lowest BCUT2D eigenvalue weighted by Gasteiger charge is -2.26. The molecule has 2 aromatic carbocycles. The van der Waals surface area contributed by atoms with Gasteiger partial charge in [0.2, 0.25) is 5.91 Å². The third-order valence-electron chi connectivity index (χ3n) is 4.75. The van der Waals surface area contributed by atoms with Crippen LogP contribution in [0.25, 0.3) is 0 Å². The van der Waals surface area contributed by atoms with E-state index in [1.165, 1.54) is 0 Å². The first kappa shape index (κ1) is 19.9. The molecule has 3 rings (SSSR count). The van der Waals surface area contributed by atoms with E-state index in [1.54, 1.807) is 23.1 Å². The summed E-state index contributed by atoms with van der Waals surface area (Å²) in [7, 11) is 0.